The molecule has 1 atom stereocenters. The number of hydrogen-bond donors (Lipinski definition) is 1. The van der Waals surface area contributed by atoms with Crippen LogP contribution in [-0.4, -0.2) is 17.6 Å². The normalized spacial score (nSPS) is 11.4. The molecule has 6 nitrogen and oxygen atoms in total. The molecule has 0 fully saturated rings. The molecule has 0 saturated carbocycles. The molecule has 0 heterocycles. The number of ether oxygens (including phenoxy) is 1. The van der Waals surface area contributed by atoms with Crippen LogP contribution in [0, 0.1) is 10.1 Å². The van der Waals surface area contributed by atoms with Crippen molar-refractivity contribution in [2.24, 2.45) is 0 Å². The summed E-state index contributed by atoms with van der Waals surface area (Å²) >= 11 is 0. The molecule has 0 aromatic heterocycles. The lowest BCUT2D eigenvalue weighted by atomic mass is 10.1. The van der Waals surface area contributed by atoms with E-state index in [0.29, 0.717) is 5.56 Å². The Morgan fingerprint density at radius 2 is 2.28 bits per heavy atom. The van der Waals surface area contributed by atoms with Crippen molar-refractivity contribution in [2.75, 3.05) is 6.54 Å². The molecule has 0 saturated heterocycles. The number of amides is 1. The second-order valence-corrected chi connectivity index (χ2v) is 3.53. The Hall–Kier alpha value is -2.37. The molecule has 1 unspecified atom stereocenters. The number of alkyl carbamates (subject to hydrolysis) is 1. The van der Waals surface area contributed by atoms with Crippen molar-refractivity contribution in [1.82, 2.24) is 5.32 Å². The standard InChI is InChI=1S/C12H14N2O4/c1-3-8-13-12(15)18-9(2)10-6-4-5-7-11(10)14(16)17/h3-7,9H,1,8H2,2H3,(H,13,15). The predicted octanol–water partition coefficient (Wildman–Crippen LogP) is 2.57. The Labute approximate surface area is 104 Å². The van der Waals surface area contributed by atoms with Crippen molar-refractivity contribution in [2.45, 2.75) is 13.0 Å². The third-order valence-corrected chi connectivity index (χ3v) is 2.25. The summed E-state index contributed by atoms with van der Waals surface area (Å²) in [6, 6.07) is 6.15. The first-order valence-corrected chi connectivity index (χ1v) is 5.35. The quantitative estimate of drug-likeness (QED) is 0.494. The van der Waals surface area contributed by atoms with Crippen LogP contribution in [0.5, 0.6) is 0 Å². The van der Waals surface area contributed by atoms with Gasteiger partial charge < -0.3 is 10.1 Å². The van der Waals surface area contributed by atoms with Crippen LogP contribution in [0.3, 0.4) is 0 Å². The summed E-state index contributed by atoms with van der Waals surface area (Å²) in [6.07, 6.45) is 0.175. The highest BCUT2D eigenvalue weighted by molar-refractivity contribution is 5.67. The number of hydrogen-bond acceptors (Lipinski definition) is 4. The zero-order chi connectivity index (χ0) is 13.5. The average Bonchev–Trinajstić information content (AvgIpc) is 2.36. The van der Waals surface area contributed by atoms with Crippen molar-refractivity contribution >= 4 is 11.8 Å². The molecular formula is C12H14N2O4. The molecule has 0 aliphatic rings. The maximum Gasteiger partial charge on any atom is 0.407 e. The van der Waals surface area contributed by atoms with Gasteiger partial charge in [0.05, 0.1) is 10.5 Å². The van der Waals surface area contributed by atoms with E-state index in [1.807, 2.05) is 0 Å². The topological polar surface area (TPSA) is 81.5 Å². The summed E-state index contributed by atoms with van der Waals surface area (Å²) in [5, 5.41) is 13.3. The first-order valence-electron chi connectivity index (χ1n) is 5.35. The molecule has 0 spiro atoms. The Bertz CT molecular complexity index is 459. The summed E-state index contributed by atoms with van der Waals surface area (Å²) in [6.45, 7) is 5.31. The number of carbonyl (C=O) groups excluding carboxylic acids is 1. The molecule has 1 aromatic rings. The minimum atomic E-state index is -0.698. The molecule has 1 amide bonds. The maximum atomic E-state index is 11.3. The predicted molar refractivity (Wildman–Crippen MR) is 66.2 cm³/mol. The Morgan fingerprint density at radius 3 is 2.89 bits per heavy atom. The second kappa shape index (κ2) is 6.39. The van der Waals surface area contributed by atoms with E-state index in [2.05, 4.69) is 11.9 Å². The number of nitro benzene ring substituents is 1. The lowest BCUT2D eigenvalue weighted by molar-refractivity contribution is -0.386. The number of nitrogens with zero attached hydrogens (tertiary/aromatic N) is 1. The molecule has 18 heavy (non-hydrogen) atoms. The molecule has 1 aromatic carbocycles. The van der Waals surface area contributed by atoms with Crippen molar-refractivity contribution in [3.05, 3.63) is 52.6 Å². The molecule has 0 bridgehead atoms. The number of rotatable bonds is 5. The van der Waals surface area contributed by atoms with Crippen LogP contribution < -0.4 is 5.32 Å². The number of nitrogens with one attached hydrogen (secondary N) is 1. The summed E-state index contributed by atoms with van der Waals surface area (Å²) in [5.41, 5.74) is 0.290. The fourth-order valence-electron chi connectivity index (χ4n) is 1.42. The summed E-state index contributed by atoms with van der Waals surface area (Å²) < 4.78 is 5.03. The van der Waals surface area contributed by atoms with Crippen LogP contribution in [0.4, 0.5) is 10.5 Å². The van der Waals surface area contributed by atoms with Crippen molar-refractivity contribution < 1.29 is 14.5 Å². The van der Waals surface area contributed by atoms with Crippen LogP contribution >= 0.6 is 0 Å². The molecule has 0 radical (unpaired) electrons. The summed E-state index contributed by atoms with van der Waals surface area (Å²) in [5.74, 6) is 0. The van der Waals surface area contributed by atoms with Gasteiger partial charge in [-0.25, -0.2) is 4.79 Å². The van der Waals surface area contributed by atoms with Gasteiger partial charge in [0.2, 0.25) is 0 Å². The summed E-state index contributed by atoms with van der Waals surface area (Å²) in [7, 11) is 0. The Balaban J connectivity index is 2.77. The van der Waals surface area contributed by atoms with Gasteiger partial charge in [-0.15, -0.1) is 6.58 Å². The van der Waals surface area contributed by atoms with E-state index in [-0.39, 0.29) is 12.2 Å². The van der Waals surface area contributed by atoms with E-state index in [0.717, 1.165) is 0 Å². The van der Waals surface area contributed by atoms with Gasteiger partial charge in [0.25, 0.3) is 5.69 Å². The van der Waals surface area contributed by atoms with Gasteiger partial charge in [-0.1, -0.05) is 18.2 Å². The molecule has 6 heteroatoms. The second-order valence-electron chi connectivity index (χ2n) is 3.53. The number of para-hydroxylation sites is 1. The number of benzene rings is 1. The van der Waals surface area contributed by atoms with E-state index in [1.54, 1.807) is 25.1 Å². The third kappa shape index (κ3) is 3.58. The smallest absolute Gasteiger partial charge is 0.407 e. The first kappa shape index (κ1) is 13.7. The van der Waals surface area contributed by atoms with Crippen LogP contribution in [0.1, 0.15) is 18.6 Å². The monoisotopic (exact) mass is 250 g/mol. The molecule has 0 aliphatic heterocycles. The lowest BCUT2D eigenvalue weighted by Crippen LogP contribution is -2.25. The highest BCUT2D eigenvalue weighted by atomic mass is 16.6. The van der Waals surface area contributed by atoms with Crippen LogP contribution in [0.25, 0.3) is 0 Å². The minimum absolute atomic E-state index is 0.0680. The van der Waals surface area contributed by atoms with Crippen molar-refractivity contribution in [3.63, 3.8) is 0 Å². The minimum Gasteiger partial charge on any atom is -0.441 e. The zero-order valence-corrected chi connectivity index (χ0v) is 9.96. The van der Waals surface area contributed by atoms with E-state index in [9.17, 15) is 14.9 Å². The maximum absolute atomic E-state index is 11.3. The molecular weight excluding hydrogens is 236 g/mol. The highest BCUT2D eigenvalue weighted by Gasteiger charge is 2.20. The number of carbonyl (C=O) groups is 1. The first-order chi connectivity index (χ1) is 8.56. The average molecular weight is 250 g/mol. The fourth-order valence-corrected chi connectivity index (χ4v) is 1.42. The van der Waals surface area contributed by atoms with E-state index in [1.165, 1.54) is 12.1 Å². The molecule has 1 rings (SSSR count). The molecule has 1 N–H and O–H groups in total. The van der Waals surface area contributed by atoms with Gasteiger partial charge in [0.15, 0.2) is 0 Å². The Kier molecular flexibility index (Phi) is 4.86. The van der Waals surface area contributed by atoms with Crippen molar-refractivity contribution in [3.8, 4) is 0 Å². The third-order valence-electron chi connectivity index (χ3n) is 2.25. The van der Waals surface area contributed by atoms with E-state index in [4.69, 9.17) is 4.74 Å². The highest BCUT2D eigenvalue weighted by Crippen LogP contribution is 2.26. The van der Waals surface area contributed by atoms with E-state index < -0.39 is 17.1 Å². The molecule has 0 aliphatic carbocycles. The SMILES string of the molecule is C=CCNC(=O)OC(C)c1ccccc1[N+](=O)[O-]. The number of nitro groups is 1. The van der Waals surface area contributed by atoms with Gasteiger partial charge in [0.1, 0.15) is 6.10 Å². The fraction of sp³-hybridized carbons (Fsp3) is 0.250. The van der Waals surface area contributed by atoms with Gasteiger partial charge in [-0.3, -0.25) is 10.1 Å². The van der Waals surface area contributed by atoms with Gasteiger partial charge >= 0.3 is 6.09 Å². The van der Waals surface area contributed by atoms with Crippen LogP contribution in [0.2, 0.25) is 0 Å². The zero-order valence-electron chi connectivity index (χ0n) is 9.96. The summed E-state index contributed by atoms with van der Waals surface area (Å²) in [4.78, 5) is 21.6. The lowest BCUT2D eigenvalue weighted by Gasteiger charge is -2.13. The Morgan fingerprint density at radius 1 is 1.61 bits per heavy atom. The van der Waals surface area contributed by atoms with Crippen LogP contribution in [-0.2, 0) is 4.74 Å². The van der Waals surface area contributed by atoms with Gasteiger partial charge in [-0.05, 0) is 13.0 Å². The van der Waals surface area contributed by atoms with Crippen LogP contribution in [0.15, 0.2) is 36.9 Å². The largest absolute Gasteiger partial charge is 0.441 e. The van der Waals surface area contributed by atoms with Gasteiger partial charge in [-0.2, -0.15) is 0 Å². The van der Waals surface area contributed by atoms with Gasteiger partial charge in [0, 0.05) is 12.6 Å². The van der Waals surface area contributed by atoms with Crippen molar-refractivity contribution in [1.29, 1.82) is 0 Å². The van der Waals surface area contributed by atoms with E-state index >= 15 is 0 Å². The molecule has 96 valence electrons.